The predicted molar refractivity (Wildman–Crippen MR) is 235 cm³/mol. The van der Waals surface area contributed by atoms with Gasteiger partial charge in [-0.25, -0.2) is 0 Å². The summed E-state index contributed by atoms with van der Waals surface area (Å²) >= 11 is 0. The molecule has 10 aromatic carbocycles. The van der Waals surface area contributed by atoms with Crippen LogP contribution < -0.4 is 4.90 Å². The Hall–Kier alpha value is -7.22. The SMILES string of the molecule is c1ccc(-c2ccc(N(c3ccc(-c4ccccc4)cc3)c3ccc(-c4cccc(-c5cccc6c7ccccc7c7ccccc7c56)c4)cc3)cc2)cc1. The zero-order valence-electron chi connectivity index (χ0n) is 30.3. The van der Waals surface area contributed by atoms with Crippen LogP contribution in [-0.2, 0) is 0 Å². The van der Waals surface area contributed by atoms with Gasteiger partial charge in [0, 0.05) is 17.1 Å². The quantitative estimate of drug-likeness (QED) is 0.150. The molecule has 1 nitrogen and oxygen atoms in total. The molecule has 0 radical (unpaired) electrons. The van der Waals surface area contributed by atoms with E-state index in [4.69, 9.17) is 0 Å². The molecule has 0 bridgehead atoms. The second-order valence-electron chi connectivity index (χ2n) is 14.1. The van der Waals surface area contributed by atoms with Gasteiger partial charge in [-0.3, -0.25) is 0 Å². The van der Waals surface area contributed by atoms with Gasteiger partial charge in [0.1, 0.15) is 0 Å². The summed E-state index contributed by atoms with van der Waals surface area (Å²) in [5.41, 5.74) is 13.0. The molecule has 10 aromatic rings. The third kappa shape index (κ3) is 6.02. The lowest BCUT2D eigenvalue weighted by Gasteiger charge is -2.26. The van der Waals surface area contributed by atoms with Gasteiger partial charge in [-0.2, -0.15) is 0 Å². The molecule has 0 unspecified atom stereocenters. The molecule has 0 fully saturated rings. The molecule has 258 valence electrons. The van der Waals surface area contributed by atoms with Gasteiger partial charge in [-0.05, 0) is 119 Å². The molecule has 1 heteroatoms. The number of benzene rings is 10. The Morgan fingerprint density at radius 3 is 1.04 bits per heavy atom. The molecule has 10 rings (SSSR count). The first-order valence-electron chi connectivity index (χ1n) is 18.9. The molecular formula is C54H37N. The summed E-state index contributed by atoms with van der Waals surface area (Å²) in [7, 11) is 0. The largest absolute Gasteiger partial charge is 0.311 e. The van der Waals surface area contributed by atoms with E-state index in [9.17, 15) is 0 Å². The summed E-state index contributed by atoms with van der Waals surface area (Å²) < 4.78 is 0. The van der Waals surface area contributed by atoms with Crippen molar-refractivity contribution < 1.29 is 0 Å². The van der Waals surface area contributed by atoms with Gasteiger partial charge >= 0.3 is 0 Å². The van der Waals surface area contributed by atoms with Crippen LogP contribution in [-0.4, -0.2) is 0 Å². The predicted octanol–water partition coefficient (Wildman–Crippen LogP) is 15.3. The van der Waals surface area contributed by atoms with Crippen LogP contribution in [0.1, 0.15) is 0 Å². The van der Waals surface area contributed by atoms with Crippen molar-refractivity contribution in [3.63, 3.8) is 0 Å². The Balaban J connectivity index is 1.03. The van der Waals surface area contributed by atoms with E-state index in [1.807, 2.05) is 0 Å². The zero-order chi connectivity index (χ0) is 36.6. The lowest BCUT2D eigenvalue weighted by Crippen LogP contribution is -2.09. The molecule has 0 spiro atoms. The van der Waals surface area contributed by atoms with E-state index in [1.165, 1.54) is 76.8 Å². The Bertz CT molecular complexity index is 2800. The summed E-state index contributed by atoms with van der Waals surface area (Å²) in [5, 5.41) is 7.75. The second kappa shape index (κ2) is 14.0. The zero-order valence-corrected chi connectivity index (χ0v) is 30.3. The molecule has 0 N–H and O–H groups in total. The molecule has 0 aliphatic rings. The average Bonchev–Trinajstić information content (AvgIpc) is 3.28. The standard InChI is InChI=1S/C54H37N/c1-3-13-38(14-4-1)40-25-31-45(32-26-40)55(46-33-27-41(28-34-46)39-15-5-2-6-16-39)47-35-29-42(30-36-47)43-17-11-18-44(37-43)48-23-12-24-53-51-20-8-7-19-49(51)50-21-9-10-22-52(50)54(48)53/h1-37H. The molecule has 0 aliphatic heterocycles. The van der Waals surface area contributed by atoms with Gasteiger partial charge < -0.3 is 4.90 Å². The maximum absolute atomic E-state index is 2.34. The van der Waals surface area contributed by atoms with Crippen LogP contribution in [0.15, 0.2) is 224 Å². The summed E-state index contributed by atoms with van der Waals surface area (Å²) in [5.74, 6) is 0. The van der Waals surface area contributed by atoms with E-state index in [1.54, 1.807) is 0 Å². The molecule has 55 heavy (non-hydrogen) atoms. The molecule has 0 saturated heterocycles. The van der Waals surface area contributed by atoms with E-state index in [0.717, 1.165) is 17.1 Å². The van der Waals surface area contributed by atoms with Crippen LogP contribution in [0.25, 0.3) is 76.8 Å². The van der Waals surface area contributed by atoms with Crippen LogP contribution in [0.5, 0.6) is 0 Å². The smallest absolute Gasteiger partial charge is 0.0462 e. The lowest BCUT2D eigenvalue weighted by molar-refractivity contribution is 1.28. The Kier molecular flexibility index (Phi) is 8.24. The van der Waals surface area contributed by atoms with E-state index < -0.39 is 0 Å². The van der Waals surface area contributed by atoms with E-state index in [2.05, 4.69) is 229 Å². The highest BCUT2D eigenvalue weighted by Gasteiger charge is 2.16. The first-order chi connectivity index (χ1) is 27.3. The van der Waals surface area contributed by atoms with Crippen molar-refractivity contribution in [2.24, 2.45) is 0 Å². The average molecular weight is 700 g/mol. The summed E-state index contributed by atoms with van der Waals surface area (Å²) in [6.07, 6.45) is 0. The minimum Gasteiger partial charge on any atom is -0.311 e. The number of rotatable bonds is 7. The fourth-order valence-corrected chi connectivity index (χ4v) is 8.18. The topological polar surface area (TPSA) is 3.24 Å². The van der Waals surface area contributed by atoms with Gasteiger partial charge in [0.25, 0.3) is 0 Å². The Labute approximate surface area is 322 Å². The van der Waals surface area contributed by atoms with Gasteiger partial charge in [-0.1, -0.05) is 182 Å². The highest BCUT2D eigenvalue weighted by atomic mass is 15.1. The summed E-state index contributed by atoms with van der Waals surface area (Å²) in [6, 6.07) is 81.3. The first kappa shape index (κ1) is 32.4. The van der Waals surface area contributed by atoms with Gasteiger partial charge in [0.2, 0.25) is 0 Å². The third-order valence-corrected chi connectivity index (χ3v) is 10.9. The maximum Gasteiger partial charge on any atom is 0.0462 e. The highest BCUT2D eigenvalue weighted by Crippen LogP contribution is 2.42. The van der Waals surface area contributed by atoms with Crippen molar-refractivity contribution in [2.75, 3.05) is 4.90 Å². The number of hydrogen-bond acceptors (Lipinski definition) is 1. The lowest BCUT2D eigenvalue weighted by atomic mass is 9.89. The second-order valence-corrected chi connectivity index (χ2v) is 14.1. The summed E-state index contributed by atoms with van der Waals surface area (Å²) in [6.45, 7) is 0. The third-order valence-electron chi connectivity index (χ3n) is 10.9. The Morgan fingerprint density at radius 1 is 0.218 bits per heavy atom. The van der Waals surface area contributed by atoms with Crippen molar-refractivity contribution in [1.82, 2.24) is 0 Å². The van der Waals surface area contributed by atoms with Crippen molar-refractivity contribution in [3.8, 4) is 44.5 Å². The minimum atomic E-state index is 1.10. The Morgan fingerprint density at radius 2 is 0.545 bits per heavy atom. The highest BCUT2D eigenvalue weighted by molar-refractivity contribution is 6.28. The van der Waals surface area contributed by atoms with Crippen molar-refractivity contribution in [2.45, 2.75) is 0 Å². The molecule has 0 aliphatic carbocycles. The molecule has 0 aromatic heterocycles. The maximum atomic E-state index is 2.34. The molecule has 0 saturated carbocycles. The summed E-state index contributed by atoms with van der Waals surface area (Å²) in [4.78, 5) is 2.34. The van der Waals surface area contributed by atoms with Crippen molar-refractivity contribution >= 4 is 49.4 Å². The molecular weight excluding hydrogens is 663 g/mol. The van der Waals surface area contributed by atoms with E-state index in [0.29, 0.717) is 0 Å². The molecule has 0 atom stereocenters. The first-order valence-corrected chi connectivity index (χ1v) is 18.9. The molecule has 0 amide bonds. The van der Waals surface area contributed by atoms with Gasteiger partial charge in [-0.15, -0.1) is 0 Å². The van der Waals surface area contributed by atoms with Crippen LogP contribution in [0.3, 0.4) is 0 Å². The van der Waals surface area contributed by atoms with E-state index >= 15 is 0 Å². The van der Waals surface area contributed by atoms with Crippen molar-refractivity contribution in [1.29, 1.82) is 0 Å². The monoisotopic (exact) mass is 699 g/mol. The van der Waals surface area contributed by atoms with Crippen molar-refractivity contribution in [3.05, 3.63) is 224 Å². The number of anilines is 3. The molecule has 0 heterocycles. The number of nitrogens with zero attached hydrogens (tertiary/aromatic N) is 1. The number of fused-ring (bicyclic) bond motifs is 6. The fourth-order valence-electron chi connectivity index (χ4n) is 8.18. The number of hydrogen-bond donors (Lipinski definition) is 0. The van der Waals surface area contributed by atoms with Crippen LogP contribution in [0, 0.1) is 0 Å². The van der Waals surface area contributed by atoms with Gasteiger partial charge in [0.15, 0.2) is 0 Å². The van der Waals surface area contributed by atoms with Crippen LogP contribution in [0.4, 0.5) is 17.1 Å². The van der Waals surface area contributed by atoms with Gasteiger partial charge in [0.05, 0.1) is 0 Å². The minimum absolute atomic E-state index is 1.10. The van der Waals surface area contributed by atoms with E-state index in [-0.39, 0.29) is 0 Å². The fraction of sp³-hybridized carbons (Fsp3) is 0. The van der Waals surface area contributed by atoms with Crippen LogP contribution >= 0.6 is 0 Å². The normalized spacial score (nSPS) is 11.3. The van der Waals surface area contributed by atoms with Crippen LogP contribution in [0.2, 0.25) is 0 Å².